The van der Waals surface area contributed by atoms with E-state index in [4.69, 9.17) is 5.11 Å². The van der Waals surface area contributed by atoms with Crippen LogP contribution in [0.1, 0.15) is 0 Å². The third kappa shape index (κ3) is 4.31. The number of nitrogens with two attached hydrogens (primary N) is 1. The minimum absolute atomic E-state index is 1.15. The molecule has 0 spiro atoms. The highest BCUT2D eigenvalue weighted by Crippen LogP contribution is 1.82. The van der Waals surface area contributed by atoms with E-state index in [1.54, 1.807) is 0 Å². The Morgan fingerprint density at radius 3 is 2.20 bits per heavy atom. The van der Waals surface area contributed by atoms with Gasteiger partial charge >= 0.3 is 0 Å². The van der Waals surface area contributed by atoms with Crippen molar-refractivity contribution in [3.05, 3.63) is 0 Å². The zero-order valence-electron chi connectivity index (χ0n) is 2.59. The molecule has 32 valence electrons. The quantitative estimate of drug-likeness (QED) is 0.325. The van der Waals surface area contributed by atoms with Crippen LogP contribution >= 0.6 is 9.47 Å². The van der Waals surface area contributed by atoms with Crippen LogP contribution in [-0.2, 0) is 4.52 Å². The van der Waals surface area contributed by atoms with Crippen LogP contribution in [0.25, 0.3) is 0 Å². The fourth-order valence-corrected chi connectivity index (χ4v) is 0. The Morgan fingerprint density at radius 1 is 2.00 bits per heavy atom. The Bertz CT molecular complexity index is 23.6. The van der Waals surface area contributed by atoms with Crippen LogP contribution < -0.4 is 5.73 Å². The third-order valence-corrected chi connectivity index (χ3v) is 0.418. The summed E-state index contributed by atoms with van der Waals surface area (Å²) in [4.78, 5) is 0. The summed E-state index contributed by atoms with van der Waals surface area (Å²) < 4.78 is 4.00. The highest BCUT2D eigenvalue weighted by atomic mass is 31.0. The van der Waals surface area contributed by atoms with Crippen LogP contribution in [-0.4, -0.2) is 11.5 Å². The molecule has 5 heavy (non-hydrogen) atoms. The molecular formula is CH6NO2P. The molecule has 0 aliphatic carbocycles. The summed E-state index contributed by atoms with van der Waals surface area (Å²) in [6.07, 6.45) is -1.15. The van der Waals surface area contributed by atoms with E-state index in [0.717, 1.165) is 0 Å². The maximum atomic E-state index is 7.90. The van der Waals surface area contributed by atoms with Crippen LogP contribution in [0, 0.1) is 0 Å². The SMILES string of the molecule is NC(O)OP. The predicted octanol–water partition coefficient (Wildman–Crippen LogP) is -0.972. The van der Waals surface area contributed by atoms with Crippen molar-refractivity contribution in [2.75, 3.05) is 0 Å². The van der Waals surface area contributed by atoms with Gasteiger partial charge in [-0.3, -0.25) is 5.73 Å². The summed E-state index contributed by atoms with van der Waals surface area (Å²) in [5, 5.41) is 7.90. The Hall–Kier alpha value is 0.310. The molecule has 0 aliphatic rings. The summed E-state index contributed by atoms with van der Waals surface area (Å²) in [5.41, 5.74) is 4.60. The lowest BCUT2D eigenvalue weighted by molar-refractivity contribution is 0.00422. The van der Waals surface area contributed by atoms with Crippen molar-refractivity contribution in [1.82, 2.24) is 0 Å². The van der Waals surface area contributed by atoms with Gasteiger partial charge in [-0.15, -0.1) is 0 Å². The number of aliphatic hydroxyl groups is 1. The molecule has 3 N–H and O–H groups in total. The van der Waals surface area contributed by atoms with E-state index in [0.29, 0.717) is 0 Å². The number of rotatable bonds is 1. The maximum absolute atomic E-state index is 7.90. The highest BCUT2D eigenvalue weighted by molar-refractivity contribution is 7.09. The Morgan fingerprint density at radius 2 is 2.20 bits per heavy atom. The minimum atomic E-state index is -1.15. The van der Waals surface area contributed by atoms with Gasteiger partial charge in [-0.1, -0.05) is 0 Å². The van der Waals surface area contributed by atoms with Crippen LogP contribution in [0.3, 0.4) is 0 Å². The van der Waals surface area contributed by atoms with Crippen molar-refractivity contribution in [1.29, 1.82) is 0 Å². The zero-order chi connectivity index (χ0) is 4.28. The molecule has 3 nitrogen and oxygen atoms in total. The summed E-state index contributed by atoms with van der Waals surface area (Å²) in [7, 11) is 1.82. The van der Waals surface area contributed by atoms with Crippen molar-refractivity contribution in [3.63, 3.8) is 0 Å². The molecule has 0 aromatic heterocycles. The van der Waals surface area contributed by atoms with Crippen molar-refractivity contribution >= 4 is 9.47 Å². The largest absolute Gasteiger partial charge is 0.356 e. The molecule has 0 saturated heterocycles. The van der Waals surface area contributed by atoms with Gasteiger partial charge in [0, 0.05) is 9.47 Å². The Kier molecular flexibility index (Phi) is 2.70. The fraction of sp³-hybridized carbons (Fsp3) is 1.00. The van der Waals surface area contributed by atoms with Crippen LogP contribution in [0.4, 0.5) is 0 Å². The zero-order valence-corrected chi connectivity index (χ0v) is 3.74. The molecule has 0 rings (SSSR count). The molecule has 0 aromatic carbocycles. The second kappa shape index (κ2) is 2.54. The molecule has 2 atom stereocenters. The van der Waals surface area contributed by atoms with E-state index < -0.39 is 6.41 Å². The summed E-state index contributed by atoms with van der Waals surface area (Å²) in [6, 6.07) is 0. The van der Waals surface area contributed by atoms with Gasteiger partial charge < -0.3 is 9.63 Å². The first-order chi connectivity index (χ1) is 2.27. The molecule has 0 saturated carbocycles. The summed E-state index contributed by atoms with van der Waals surface area (Å²) >= 11 is 0. The first-order valence-corrected chi connectivity index (χ1v) is 1.53. The van der Waals surface area contributed by atoms with Gasteiger partial charge in [-0.25, -0.2) is 0 Å². The van der Waals surface area contributed by atoms with E-state index >= 15 is 0 Å². The lowest BCUT2D eigenvalue weighted by Gasteiger charge is -1.93. The molecule has 0 fully saturated rings. The van der Waals surface area contributed by atoms with E-state index in [-0.39, 0.29) is 0 Å². The normalized spacial score (nSPS) is 15.0. The van der Waals surface area contributed by atoms with Crippen LogP contribution in [0.2, 0.25) is 0 Å². The van der Waals surface area contributed by atoms with E-state index in [9.17, 15) is 0 Å². The van der Waals surface area contributed by atoms with E-state index in [1.165, 1.54) is 0 Å². The number of hydrogen-bond acceptors (Lipinski definition) is 3. The molecule has 2 unspecified atom stereocenters. The number of aliphatic hydroxyl groups excluding tert-OH is 1. The first-order valence-electron chi connectivity index (χ1n) is 1.06. The molecule has 0 heterocycles. The van der Waals surface area contributed by atoms with Crippen molar-refractivity contribution in [2.45, 2.75) is 6.41 Å². The fourth-order valence-electron chi connectivity index (χ4n) is 0. The molecule has 0 amide bonds. The smallest absolute Gasteiger partial charge is 0.213 e. The van der Waals surface area contributed by atoms with Gasteiger partial charge in [-0.05, 0) is 0 Å². The minimum Gasteiger partial charge on any atom is -0.356 e. The van der Waals surface area contributed by atoms with Gasteiger partial charge in [0.1, 0.15) is 0 Å². The second-order valence-electron chi connectivity index (χ2n) is 0.527. The average molecular weight is 95.0 g/mol. The van der Waals surface area contributed by atoms with Crippen LogP contribution in [0.15, 0.2) is 0 Å². The summed E-state index contributed by atoms with van der Waals surface area (Å²) in [6.45, 7) is 0. The van der Waals surface area contributed by atoms with E-state index in [1.807, 2.05) is 9.47 Å². The highest BCUT2D eigenvalue weighted by Gasteiger charge is 1.80. The first kappa shape index (κ1) is 5.31. The van der Waals surface area contributed by atoms with Crippen molar-refractivity contribution in [3.8, 4) is 0 Å². The Balaban J connectivity index is 2.54. The van der Waals surface area contributed by atoms with Gasteiger partial charge in [-0.2, -0.15) is 0 Å². The topological polar surface area (TPSA) is 55.5 Å². The molecule has 0 aromatic rings. The molecule has 4 heteroatoms. The van der Waals surface area contributed by atoms with Gasteiger partial charge in [0.05, 0.1) is 0 Å². The average Bonchev–Trinajstić information content (AvgIpc) is 1.38. The molecule has 0 radical (unpaired) electrons. The van der Waals surface area contributed by atoms with Gasteiger partial charge in [0.2, 0.25) is 6.41 Å². The van der Waals surface area contributed by atoms with Crippen molar-refractivity contribution < 1.29 is 9.63 Å². The Labute approximate surface area is 32.4 Å². The molecule has 0 bridgehead atoms. The second-order valence-corrected chi connectivity index (χ2v) is 0.799. The monoisotopic (exact) mass is 95.0 g/mol. The third-order valence-electron chi connectivity index (χ3n) is 0.139. The maximum Gasteiger partial charge on any atom is 0.213 e. The lowest BCUT2D eigenvalue weighted by atomic mass is 11.2. The molecule has 0 aliphatic heterocycles. The summed E-state index contributed by atoms with van der Waals surface area (Å²) in [5.74, 6) is 0. The molecular weight excluding hydrogens is 89.0 g/mol. The number of hydrogen-bond donors (Lipinski definition) is 2. The van der Waals surface area contributed by atoms with Crippen molar-refractivity contribution in [2.24, 2.45) is 5.73 Å². The van der Waals surface area contributed by atoms with Crippen LogP contribution in [0.5, 0.6) is 0 Å². The van der Waals surface area contributed by atoms with Gasteiger partial charge in [0.25, 0.3) is 0 Å². The van der Waals surface area contributed by atoms with E-state index in [2.05, 4.69) is 10.3 Å². The lowest BCUT2D eigenvalue weighted by Crippen LogP contribution is -2.17. The predicted molar refractivity (Wildman–Crippen MR) is 21.0 cm³/mol. The van der Waals surface area contributed by atoms with Gasteiger partial charge in [0.15, 0.2) is 0 Å². The standard InChI is InChI=1S/CH6NO2P/c2-1(3)4-5/h1,3H,2,5H2.